The topological polar surface area (TPSA) is 80.5 Å². The van der Waals surface area contributed by atoms with Crippen molar-refractivity contribution in [3.05, 3.63) is 36.8 Å². The Balaban J connectivity index is 2.22. The molecule has 3 aromatic rings. The number of benzene rings is 1. The molecule has 0 radical (unpaired) electrons. The van der Waals surface area contributed by atoms with Crippen molar-refractivity contribution in [3.63, 3.8) is 0 Å². The molecule has 78 valence electrons. The highest BCUT2D eigenvalue weighted by molar-refractivity contribution is 5.91. The fourth-order valence-electron chi connectivity index (χ4n) is 1.64. The number of aromatic nitrogens is 4. The number of hydrogen-bond acceptors (Lipinski definition) is 4. The van der Waals surface area contributed by atoms with E-state index >= 15 is 0 Å². The summed E-state index contributed by atoms with van der Waals surface area (Å²) >= 11 is 0. The van der Waals surface area contributed by atoms with Crippen LogP contribution in [-0.2, 0) is 0 Å². The molecule has 0 aliphatic rings. The van der Waals surface area contributed by atoms with Gasteiger partial charge in [-0.1, -0.05) is 6.07 Å². The number of nitrogens with zero attached hydrogens (tertiary/aromatic N) is 3. The first-order valence-corrected chi connectivity index (χ1v) is 4.84. The van der Waals surface area contributed by atoms with E-state index in [1.165, 1.54) is 0 Å². The number of nitrogens with two attached hydrogens (primary N) is 1. The number of rotatable bonds is 1. The molecule has 3 N–H and O–H groups in total. The minimum atomic E-state index is 0.501. The van der Waals surface area contributed by atoms with Crippen LogP contribution in [0.15, 0.2) is 36.8 Å². The van der Waals surface area contributed by atoms with Gasteiger partial charge in [0.2, 0.25) is 0 Å². The lowest BCUT2D eigenvalue weighted by Crippen LogP contribution is -1.86. The molecule has 0 bridgehead atoms. The maximum absolute atomic E-state index is 5.74. The second kappa shape index (κ2) is 3.30. The largest absolute Gasteiger partial charge is 0.382 e. The van der Waals surface area contributed by atoms with Crippen LogP contribution in [0.3, 0.4) is 0 Å². The summed E-state index contributed by atoms with van der Waals surface area (Å²) in [6, 6.07) is 5.85. The average Bonchev–Trinajstić information content (AvgIpc) is 2.72. The van der Waals surface area contributed by atoms with Crippen molar-refractivity contribution in [1.29, 1.82) is 0 Å². The number of H-pyrrole nitrogens is 1. The zero-order valence-electron chi connectivity index (χ0n) is 8.38. The van der Waals surface area contributed by atoms with E-state index in [0.717, 1.165) is 22.2 Å². The Morgan fingerprint density at radius 2 is 2.12 bits per heavy atom. The Morgan fingerprint density at radius 1 is 1.19 bits per heavy atom. The molecule has 2 aromatic heterocycles. The summed E-state index contributed by atoms with van der Waals surface area (Å²) in [5.74, 6) is 0.501. The number of anilines is 1. The Labute approximate surface area is 91.3 Å². The zero-order valence-corrected chi connectivity index (χ0v) is 8.38. The summed E-state index contributed by atoms with van der Waals surface area (Å²) < 4.78 is 0. The number of aromatic amines is 1. The van der Waals surface area contributed by atoms with Crippen LogP contribution in [0.25, 0.3) is 22.2 Å². The normalized spacial score (nSPS) is 10.8. The van der Waals surface area contributed by atoms with Gasteiger partial charge in [-0.25, -0.2) is 0 Å². The van der Waals surface area contributed by atoms with Crippen molar-refractivity contribution >= 4 is 16.7 Å². The van der Waals surface area contributed by atoms with Crippen LogP contribution in [0.1, 0.15) is 0 Å². The van der Waals surface area contributed by atoms with Crippen molar-refractivity contribution in [3.8, 4) is 11.3 Å². The van der Waals surface area contributed by atoms with Gasteiger partial charge in [-0.15, -0.1) is 0 Å². The van der Waals surface area contributed by atoms with Gasteiger partial charge in [0.1, 0.15) is 0 Å². The van der Waals surface area contributed by atoms with E-state index in [1.807, 2.05) is 18.2 Å². The Hall–Kier alpha value is -2.43. The molecular formula is C11H9N5. The molecule has 1 aromatic carbocycles. The van der Waals surface area contributed by atoms with Crippen molar-refractivity contribution in [2.24, 2.45) is 0 Å². The smallest absolute Gasteiger partial charge is 0.153 e. The average molecular weight is 211 g/mol. The minimum absolute atomic E-state index is 0.501. The molecule has 0 atom stereocenters. The maximum Gasteiger partial charge on any atom is 0.153 e. The van der Waals surface area contributed by atoms with Gasteiger partial charge in [0.25, 0.3) is 0 Å². The summed E-state index contributed by atoms with van der Waals surface area (Å²) in [5, 5.41) is 7.71. The third-order valence-corrected chi connectivity index (χ3v) is 2.45. The fraction of sp³-hybridized carbons (Fsp3) is 0. The first-order chi connectivity index (χ1) is 7.84. The van der Waals surface area contributed by atoms with Crippen LogP contribution in [-0.4, -0.2) is 20.2 Å². The fourth-order valence-corrected chi connectivity index (χ4v) is 1.64. The van der Waals surface area contributed by atoms with Crippen molar-refractivity contribution < 1.29 is 0 Å². The monoisotopic (exact) mass is 211 g/mol. The predicted octanol–water partition coefficient (Wildman–Crippen LogP) is 1.60. The summed E-state index contributed by atoms with van der Waals surface area (Å²) in [7, 11) is 0. The van der Waals surface area contributed by atoms with Gasteiger partial charge >= 0.3 is 0 Å². The molecule has 3 rings (SSSR count). The highest BCUT2D eigenvalue weighted by atomic mass is 15.1. The second-order valence-corrected chi connectivity index (χ2v) is 3.46. The lowest BCUT2D eigenvalue weighted by molar-refractivity contribution is 1.13. The third kappa shape index (κ3) is 1.30. The maximum atomic E-state index is 5.74. The summed E-state index contributed by atoms with van der Waals surface area (Å²) in [4.78, 5) is 8.27. The van der Waals surface area contributed by atoms with Gasteiger partial charge in [0, 0.05) is 23.3 Å². The highest BCUT2D eigenvalue weighted by Gasteiger charge is 2.05. The standard InChI is InChI=1S/C11H9N5/c12-11-8-5-7(1-2-9(8)15-16-11)10-6-13-3-4-14-10/h1-6H,(H3,12,15,16). The number of nitrogen functional groups attached to an aromatic ring is 1. The van der Waals surface area contributed by atoms with E-state index in [-0.39, 0.29) is 0 Å². The summed E-state index contributed by atoms with van der Waals surface area (Å²) in [5.41, 5.74) is 8.47. The number of fused-ring (bicyclic) bond motifs is 1. The molecule has 5 heteroatoms. The first kappa shape index (κ1) is 8.84. The summed E-state index contributed by atoms with van der Waals surface area (Å²) in [6.07, 6.45) is 5.03. The van der Waals surface area contributed by atoms with Crippen LogP contribution in [0.5, 0.6) is 0 Å². The molecule has 16 heavy (non-hydrogen) atoms. The molecule has 2 heterocycles. The van der Waals surface area contributed by atoms with E-state index in [9.17, 15) is 0 Å². The van der Waals surface area contributed by atoms with Crippen molar-refractivity contribution in [1.82, 2.24) is 20.2 Å². The number of hydrogen-bond donors (Lipinski definition) is 2. The molecule has 0 aliphatic heterocycles. The SMILES string of the molecule is Nc1n[nH]c2ccc(-c3cnccn3)cc12. The van der Waals surface area contributed by atoms with Gasteiger partial charge in [0.15, 0.2) is 5.82 Å². The van der Waals surface area contributed by atoms with Gasteiger partial charge in [-0.2, -0.15) is 5.10 Å². The van der Waals surface area contributed by atoms with E-state index in [0.29, 0.717) is 5.82 Å². The quantitative estimate of drug-likeness (QED) is 0.640. The molecule has 0 aliphatic carbocycles. The van der Waals surface area contributed by atoms with Crippen LogP contribution >= 0.6 is 0 Å². The molecule has 0 fully saturated rings. The molecule has 5 nitrogen and oxygen atoms in total. The second-order valence-electron chi connectivity index (χ2n) is 3.46. The Morgan fingerprint density at radius 3 is 2.94 bits per heavy atom. The van der Waals surface area contributed by atoms with Crippen molar-refractivity contribution in [2.45, 2.75) is 0 Å². The van der Waals surface area contributed by atoms with Crippen LogP contribution < -0.4 is 5.73 Å². The van der Waals surface area contributed by atoms with Gasteiger partial charge < -0.3 is 5.73 Å². The molecular weight excluding hydrogens is 202 g/mol. The molecule has 0 amide bonds. The summed E-state index contributed by atoms with van der Waals surface area (Å²) in [6.45, 7) is 0. The van der Waals surface area contributed by atoms with E-state index in [2.05, 4.69) is 20.2 Å². The predicted molar refractivity (Wildman–Crippen MR) is 61.5 cm³/mol. The third-order valence-electron chi connectivity index (χ3n) is 2.45. The highest BCUT2D eigenvalue weighted by Crippen LogP contribution is 2.24. The first-order valence-electron chi connectivity index (χ1n) is 4.84. The van der Waals surface area contributed by atoms with E-state index in [4.69, 9.17) is 5.73 Å². The minimum Gasteiger partial charge on any atom is -0.382 e. The molecule has 0 unspecified atom stereocenters. The Kier molecular flexibility index (Phi) is 1.83. The van der Waals surface area contributed by atoms with Gasteiger partial charge in [0.05, 0.1) is 17.4 Å². The molecule has 0 saturated heterocycles. The van der Waals surface area contributed by atoms with Crippen LogP contribution in [0.2, 0.25) is 0 Å². The van der Waals surface area contributed by atoms with E-state index < -0.39 is 0 Å². The zero-order chi connectivity index (χ0) is 11.0. The van der Waals surface area contributed by atoms with Crippen LogP contribution in [0.4, 0.5) is 5.82 Å². The van der Waals surface area contributed by atoms with Crippen molar-refractivity contribution in [2.75, 3.05) is 5.73 Å². The molecule has 0 saturated carbocycles. The Bertz CT molecular complexity index is 629. The molecule has 0 spiro atoms. The lowest BCUT2D eigenvalue weighted by atomic mass is 10.1. The van der Waals surface area contributed by atoms with E-state index in [1.54, 1.807) is 18.6 Å². The van der Waals surface area contributed by atoms with Crippen LogP contribution in [0, 0.1) is 0 Å². The number of nitrogens with one attached hydrogen (secondary N) is 1. The van der Waals surface area contributed by atoms with Gasteiger partial charge in [-0.05, 0) is 12.1 Å². The van der Waals surface area contributed by atoms with Gasteiger partial charge in [-0.3, -0.25) is 15.1 Å². The lowest BCUT2D eigenvalue weighted by Gasteiger charge is -1.99.